The molecular formula is C33H50N4O13. The molecule has 0 unspecified atom stereocenters. The summed E-state index contributed by atoms with van der Waals surface area (Å²) in [5, 5.41) is 28.1. The number of non-ortho nitro benzene ring substituents is 1. The van der Waals surface area contributed by atoms with E-state index in [1.807, 2.05) is 12.1 Å². The van der Waals surface area contributed by atoms with Crippen LogP contribution >= 0.6 is 0 Å². The zero-order valence-electron chi connectivity index (χ0n) is 28.7. The first-order valence-corrected chi connectivity index (χ1v) is 16.6. The van der Waals surface area contributed by atoms with Gasteiger partial charge in [-0.2, -0.15) is 0 Å². The first-order valence-electron chi connectivity index (χ1n) is 16.6. The number of carbonyl (C=O) groups is 1. The van der Waals surface area contributed by atoms with E-state index in [1.54, 1.807) is 12.1 Å². The summed E-state index contributed by atoms with van der Waals surface area (Å²) >= 11 is 0. The fraction of sp³-hybridized carbons (Fsp3) is 0.606. The predicted octanol–water partition coefficient (Wildman–Crippen LogP) is 4.10. The van der Waals surface area contributed by atoms with Crippen molar-refractivity contribution in [3.63, 3.8) is 0 Å². The van der Waals surface area contributed by atoms with Crippen LogP contribution in [0.3, 0.4) is 0 Å². The molecule has 280 valence electrons. The Morgan fingerprint density at radius 3 is 1.54 bits per heavy atom. The maximum absolute atomic E-state index is 12.1. The molecule has 17 heteroatoms. The van der Waals surface area contributed by atoms with E-state index in [9.17, 15) is 25.0 Å². The van der Waals surface area contributed by atoms with Crippen LogP contribution in [0.15, 0.2) is 42.5 Å². The third-order valence-electron chi connectivity index (χ3n) is 6.62. The van der Waals surface area contributed by atoms with Crippen LogP contribution in [0.5, 0.6) is 0 Å². The summed E-state index contributed by atoms with van der Waals surface area (Å²) in [4.78, 5) is 32.7. The second-order valence-electron chi connectivity index (χ2n) is 10.4. The highest BCUT2D eigenvalue weighted by molar-refractivity contribution is 5.89. The lowest BCUT2D eigenvalue weighted by Crippen LogP contribution is -2.16. The molecule has 0 aliphatic heterocycles. The van der Waals surface area contributed by atoms with Crippen LogP contribution < -0.4 is 10.6 Å². The minimum atomic E-state index is -0.684. The predicted molar refractivity (Wildman–Crippen MR) is 184 cm³/mol. The Bertz CT molecular complexity index is 1220. The van der Waals surface area contributed by atoms with Crippen molar-refractivity contribution in [1.82, 2.24) is 0 Å². The SMILES string of the molecule is CCCCNc1ccc(C(=O)OCCOCCOCCOCCOCCOCCOCCOCCNc2ccc([N+](=O)[O-])cc2[N+](=O)[O-])cc1. The van der Waals surface area contributed by atoms with Crippen molar-refractivity contribution in [1.29, 1.82) is 0 Å². The van der Waals surface area contributed by atoms with Crippen LogP contribution in [-0.4, -0.2) is 128 Å². The molecule has 50 heavy (non-hydrogen) atoms. The molecule has 0 atom stereocenters. The Kier molecular flexibility index (Phi) is 23.5. The fourth-order valence-electron chi connectivity index (χ4n) is 4.02. The van der Waals surface area contributed by atoms with E-state index < -0.39 is 9.85 Å². The number of nitro groups is 2. The second-order valence-corrected chi connectivity index (χ2v) is 10.4. The minimum absolute atomic E-state index is 0.169. The summed E-state index contributed by atoms with van der Waals surface area (Å²) in [7, 11) is 0. The lowest BCUT2D eigenvalue weighted by Gasteiger charge is -2.09. The maximum Gasteiger partial charge on any atom is 0.338 e. The molecule has 0 radical (unpaired) electrons. The fourth-order valence-corrected chi connectivity index (χ4v) is 4.02. The second kappa shape index (κ2) is 27.8. The van der Waals surface area contributed by atoms with E-state index in [0.29, 0.717) is 91.5 Å². The number of rotatable bonds is 32. The van der Waals surface area contributed by atoms with Gasteiger partial charge in [0, 0.05) is 24.8 Å². The Hall–Kier alpha value is -3.97. The lowest BCUT2D eigenvalue weighted by atomic mass is 10.2. The van der Waals surface area contributed by atoms with E-state index in [2.05, 4.69) is 17.6 Å². The topological polar surface area (TPSA) is 201 Å². The van der Waals surface area contributed by atoms with Crippen LogP contribution in [0.1, 0.15) is 30.1 Å². The Morgan fingerprint density at radius 1 is 0.600 bits per heavy atom. The van der Waals surface area contributed by atoms with Gasteiger partial charge in [-0.1, -0.05) is 13.3 Å². The number of hydrogen-bond donors (Lipinski definition) is 2. The molecule has 0 spiro atoms. The van der Waals surface area contributed by atoms with E-state index in [-0.39, 0.29) is 42.8 Å². The molecule has 2 N–H and O–H groups in total. The molecule has 0 bridgehead atoms. The Morgan fingerprint density at radius 2 is 1.08 bits per heavy atom. The van der Waals surface area contributed by atoms with Gasteiger partial charge >= 0.3 is 5.97 Å². The average Bonchev–Trinajstić information content (AvgIpc) is 3.11. The molecule has 2 rings (SSSR count). The van der Waals surface area contributed by atoms with Gasteiger partial charge in [0.05, 0.1) is 114 Å². The van der Waals surface area contributed by atoms with Crippen molar-refractivity contribution in [3.8, 4) is 0 Å². The third-order valence-corrected chi connectivity index (χ3v) is 6.62. The third kappa shape index (κ3) is 19.9. The highest BCUT2D eigenvalue weighted by Gasteiger charge is 2.19. The minimum Gasteiger partial charge on any atom is -0.460 e. The van der Waals surface area contributed by atoms with Gasteiger partial charge in [-0.05, 0) is 36.8 Å². The molecule has 0 saturated carbocycles. The molecule has 0 aliphatic carbocycles. The standard InChI is InChI=1S/C33H50N4O13/c1-2-3-10-34-29-6-4-28(5-7-29)33(38)50-26-25-49-24-23-48-22-21-47-20-19-46-18-17-45-16-15-44-14-13-43-12-11-35-31-9-8-30(36(39)40)27-32(31)37(41)42/h4-9,27,34-35H,2-3,10-26H2,1H3. The number of esters is 1. The quantitative estimate of drug-likeness (QED) is 0.0475. The molecule has 0 amide bonds. The molecule has 2 aromatic carbocycles. The molecular weight excluding hydrogens is 660 g/mol. The van der Waals surface area contributed by atoms with Gasteiger partial charge in [0.15, 0.2) is 0 Å². The van der Waals surface area contributed by atoms with Crippen LogP contribution in [0.25, 0.3) is 0 Å². The summed E-state index contributed by atoms with van der Waals surface area (Å²) in [5.74, 6) is -0.379. The Balaban J connectivity index is 1.27. The molecule has 0 fully saturated rings. The summed E-state index contributed by atoms with van der Waals surface area (Å²) in [6.45, 7) is 8.94. The largest absolute Gasteiger partial charge is 0.460 e. The van der Waals surface area contributed by atoms with Crippen molar-refractivity contribution in [2.24, 2.45) is 0 Å². The van der Waals surface area contributed by atoms with E-state index in [4.69, 9.17) is 37.9 Å². The number of hydrogen-bond acceptors (Lipinski definition) is 15. The number of nitrogens with zero attached hydrogens (tertiary/aromatic N) is 2. The highest BCUT2D eigenvalue weighted by atomic mass is 16.6. The molecule has 0 saturated heterocycles. The van der Waals surface area contributed by atoms with Crippen LogP contribution in [-0.2, 0) is 37.9 Å². The van der Waals surface area contributed by atoms with Gasteiger partial charge in [-0.15, -0.1) is 0 Å². The molecule has 0 aliphatic rings. The number of unbranched alkanes of at least 4 members (excludes halogenated alkanes) is 1. The molecule has 0 heterocycles. The number of ether oxygens (including phenoxy) is 8. The number of carbonyl (C=O) groups excluding carboxylic acids is 1. The zero-order chi connectivity index (χ0) is 36.1. The van der Waals surface area contributed by atoms with Gasteiger partial charge in [0.25, 0.3) is 11.4 Å². The van der Waals surface area contributed by atoms with Gasteiger partial charge in [0.2, 0.25) is 0 Å². The van der Waals surface area contributed by atoms with Crippen LogP contribution in [0.4, 0.5) is 22.7 Å². The number of benzene rings is 2. The summed E-state index contributed by atoms with van der Waals surface area (Å²) in [6, 6.07) is 10.6. The lowest BCUT2D eigenvalue weighted by molar-refractivity contribution is -0.393. The van der Waals surface area contributed by atoms with E-state index in [1.165, 1.54) is 12.1 Å². The van der Waals surface area contributed by atoms with Gasteiger partial charge in [-0.25, -0.2) is 4.79 Å². The van der Waals surface area contributed by atoms with E-state index >= 15 is 0 Å². The first kappa shape index (κ1) is 42.2. The molecule has 0 aromatic heterocycles. The number of nitrogens with one attached hydrogen (secondary N) is 2. The van der Waals surface area contributed by atoms with Gasteiger partial charge in [0.1, 0.15) is 12.3 Å². The van der Waals surface area contributed by atoms with Gasteiger partial charge in [-0.3, -0.25) is 20.2 Å². The molecule has 2 aromatic rings. The van der Waals surface area contributed by atoms with Crippen molar-refractivity contribution < 1.29 is 52.5 Å². The van der Waals surface area contributed by atoms with Crippen molar-refractivity contribution in [3.05, 3.63) is 68.3 Å². The summed E-state index contributed by atoms with van der Waals surface area (Å²) in [5.41, 5.74) is 0.946. The smallest absolute Gasteiger partial charge is 0.338 e. The maximum atomic E-state index is 12.1. The van der Waals surface area contributed by atoms with Crippen molar-refractivity contribution in [2.75, 3.05) is 123 Å². The van der Waals surface area contributed by atoms with Crippen molar-refractivity contribution in [2.45, 2.75) is 19.8 Å². The van der Waals surface area contributed by atoms with Gasteiger partial charge < -0.3 is 48.5 Å². The monoisotopic (exact) mass is 710 g/mol. The zero-order valence-corrected chi connectivity index (χ0v) is 28.7. The normalized spacial score (nSPS) is 11.0. The number of anilines is 2. The van der Waals surface area contributed by atoms with Crippen LogP contribution in [0, 0.1) is 20.2 Å². The average molecular weight is 711 g/mol. The summed E-state index contributed by atoms with van der Waals surface area (Å²) < 4.78 is 43.3. The van der Waals surface area contributed by atoms with Crippen molar-refractivity contribution >= 4 is 28.7 Å². The Labute approximate surface area is 292 Å². The van der Waals surface area contributed by atoms with Crippen LogP contribution in [0.2, 0.25) is 0 Å². The number of nitro benzene ring substituents is 2. The summed E-state index contributed by atoms with van der Waals surface area (Å²) in [6.07, 6.45) is 2.22. The first-order chi connectivity index (χ1) is 24.4. The van der Waals surface area contributed by atoms with E-state index in [0.717, 1.165) is 31.1 Å². The molecule has 17 nitrogen and oxygen atoms in total. The highest BCUT2D eigenvalue weighted by Crippen LogP contribution is 2.28.